The zero-order valence-corrected chi connectivity index (χ0v) is 7.34. The van der Waals surface area contributed by atoms with Gasteiger partial charge in [0.25, 0.3) is 0 Å². The van der Waals surface area contributed by atoms with Gasteiger partial charge in [-0.05, 0) is 6.42 Å². The average Bonchev–Trinajstić information content (AvgIpc) is 2.01. The van der Waals surface area contributed by atoms with Crippen LogP contribution in [0.1, 0.15) is 6.42 Å². The summed E-state index contributed by atoms with van der Waals surface area (Å²) in [5.74, 6) is 2.01. The predicted molar refractivity (Wildman–Crippen MR) is 44.5 cm³/mol. The van der Waals surface area contributed by atoms with Crippen LogP contribution >= 0.6 is 0 Å². The molecule has 0 spiro atoms. The van der Waals surface area contributed by atoms with Crippen LogP contribution in [0.4, 0.5) is 0 Å². The second-order valence-electron chi connectivity index (χ2n) is 1.77. The third-order valence-corrected chi connectivity index (χ3v) is 1.70. The van der Waals surface area contributed by atoms with E-state index in [1.54, 1.807) is 0 Å². The molecule has 0 aliphatic rings. The topological polar surface area (TPSA) is 52.6 Å². The Morgan fingerprint density at radius 3 is 2.67 bits per heavy atom. The Hall–Kier alpha value is -0.830. The second kappa shape index (κ2) is 5.77. The highest BCUT2D eigenvalue weighted by molar-refractivity contribution is 7.81. The molecule has 0 unspecified atom stereocenters. The van der Waals surface area contributed by atoms with Crippen LogP contribution < -0.4 is 0 Å². The third-order valence-electron chi connectivity index (χ3n) is 0.836. The molecule has 0 saturated carbocycles. The maximum atomic E-state index is 10.7. The first-order chi connectivity index (χ1) is 5.62. The van der Waals surface area contributed by atoms with Crippen LogP contribution in [0.25, 0.3) is 0 Å². The van der Waals surface area contributed by atoms with E-state index in [4.69, 9.17) is 6.42 Å². The van der Waals surface area contributed by atoms with Gasteiger partial charge < -0.3 is 0 Å². The molecule has 0 atom stereocenters. The third kappa shape index (κ3) is 5.92. The summed E-state index contributed by atoms with van der Waals surface area (Å²) in [4.78, 5) is 0. The van der Waals surface area contributed by atoms with Crippen LogP contribution in [0, 0.1) is 12.3 Å². The van der Waals surface area contributed by atoms with Crippen molar-refractivity contribution in [3.63, 3.8) is 0 Å². The van der Waals surface area contributed by atoms with Crippen LogP contribution in [-0.4, -0.2) is 21.6 Å². The van der Waals surface area contributed by atoms with Gasteiger partial charge in [0.2, 0.25) is 0 Å². The molecule has 0 heterocycles. The van der Waals surface area contributed by atoms with E-state index < -0.39 is 10.4 Å². The number of terminal acetylenes is 1. The molecule has 0 rings (SSSR count). The molecule has 0 aliphatic heterocycles. The highest BCUT2D eigenvalue weighted by Gasteiger charge is 2.09. The summed E-state index contributed by atoms with van der Waals surface area (Å²) in [6.07, 6.45) is 6.76. The molecule has 12 heavy (non-hydrogen) atoms. The lowest BCUT2D eigenvalue weighted by molar-refractivity contribution is 0.235. The fourth-order valence-electron chi connectivity index (χ4n) is 0.374. The largest absolute Gasteiger partial charge is 0.400 e. The fourth-order valence-corrected chi connectivity index (χ4v) is 0.954. The summed E-state index contributed by atoms with van der Waals surface area (Å²) in [6.45, 7) is 3.11. The Bertz CT molecular complexity index is 260. The van der Waals surface area contributed by atoms with Crippen molar-refractivity contribution in [3.8, 4) is 12.3 Å². The second-order valence-corrected chi connectivity index (χ2v) is 3.06. The molecule has 5 heteroatoms. The minimum absolute atomic E-state index is 0.0242. The van der Waals surface area contributed by atoms with Crippen molar-refractivity contribution in [3.05, 3.63) is 12.7 Å². The molecule has 0 N–H and O–H groups in total. The van der Waals surface area contributed by atoms with Gasteiger partial charge in [-0.2, -0.15) is 8.42 Å². The summed E-state index contributed by atoms with van der Waals surface area (Å²) in [5.41, 5.74) is 0. The van der Waals surface area contributed by atoms with E-state index in [0.717, 1.165) is 0 Å². The van der Waals surface area contributed by atoms with Gasteiger partial charge in [-0.15, -0.1) is 13.0 Å². The van der Waals surface area contributed by atoms with Crippen molar-refractivity contribution in [1.29, 1.82) is 0 Å². The van der Waals surface area contributed by atoms with Gasteiger partial charge >= 0.3 is 10.4 Å². The molecule has 68 valence electrons. The first-order valence-electron chi connectivity index (χ1n) is 3.20. The molecule has 0 aromatic carbocycles. The first kappa shape index (κ1) is 11.2. The van der Waals surface area contributed by atoms with Crippen LogP contribution in [-0.2, 0) is 18.8 Å². The summed E-state index contributed by atoms with van der Waals surface area (Å²) >= 11 is 0. The van der Waals surface area contributed by atoms with E-state index in [1.807, 2.05) is 5.92 Å². The molecule has 0 radical (unpaired) electrons. The molecule has 4 nitrogen and oxygen atoms in total. The van der Waals surface area contributed by atoms with Gasteiger partial charge in [0, 0.05) is 0 Å². The zero-order valence-electron chi connectivity index (χ0n) is 6.52. The van der Waals surface area contributed by atoms with Gasteiger partial charge in [-0.3, -0.25) is 0 Å². The molecule has 0 aliphatic carbocycles. The summed E-state index contributed by atoms with van der Waals surface area (Å²) in [5, 5.41) is 0. The normalized spacial score (nSPS) is 10.6. The van der Waals surface area contributed by atoms with Gasteiger partial charge in [0.05, 0.1) is 6.61 Å². The van der Waals surface area contributed by atoms with Crippen LogP contribution in [0.15, 0.2) is 12.7 Å². The Balaban J connectivity index is 3.74. The SMILES string of the molecule is C#CCOS(=O)(=O)OCCC=C. The maximum absolute atomic E-state index is 10.7. The molecule has 0 saturated heterocycles. The molecule has 0 bridgehead atoms. The monoisotopic (exact) mass is 190 g/mol. The molecule has 0 fully saturated rings. The minimum Gasteiger partial charge on any atom is -0.248 e. The summed E-state index contributed by atoms with van der Waals surface area (Å²) in [6, 6.07) is 0. The lowest BCUT2D eigenvalue weighted by Crippen LogP contribution is -2.10. The predicted octanol–water partition coefficient (Wildman–Crippen LogP) is 0.474. The first-order valence-corrected chi connectivity index (χ1v) is 4.54. The lowest BCUT2D eigenvalue weighted by atomic mass is 10.5. The van der Waals surface area contributed by atoms with Crippen LogP contribution in [0.3, 0.4) is 0 Å². The lowest BCUT2D eigenvalue weighted by Gasteiger charge is -2.00. The van der Waals surface area contributed by atoms with E-state index in [0.29, 0.717) is 6.42 Å². The molecular formula is C7H10O4S. The van der Waals surface area contributed by atoms with Crippen LogP contribution in [0.2, 0.25) is 0 Å². The van der Waals surface area contributed by atoms with E-state index in [-0.39, 0.29) is 13.2 Å². The zero-order chi connectivity index (χ0) is 9.45. The van der Waals surface area contributed by atoms with Crippen molar-refractivity contribution in [1.82, 2.24) is 0 Å². The van der Waals surface area contributed by atoms with Crippen molar-refractivity contribution in [2.24, 2.45) is 0 Å². The van der Waals surface area contributed by atoms with Crippen molar-refractivity contribution >= 4 is 10.4 Å². The fraction of sp³-hybridized carbons (Fsp3) is 0.429. The quantitative estimate of drug-likeness (QED) is 0.347. The van der Waals surface area contributed by atoms with Gasteiger partial charge in [0.15, 0.2) is 0 Å². The van der Waals surface area contributed by atoms with E-state index in [9.17, 15) is 8.42 Å². The summed E-state index contributed by atoms with van der Waals surface area (Å²) in [7, 11) is -3.91. The Labute approximate surface area is 72.5 Å². The average molecular weight is 190 g/mol. The Morgan fingerprint density at radius 2 is 2.17 bits per heavy atom. The number of hydrogen-bond acceptors (Lipinski definition) is 4. The molecular weight excluding hydrogens is 180 g/mol. The van der Waals surface area contributed by atoms with Gasteiger partial charge in [-0.1, -0.05) is 12.0 Å². The van der Waals surface area contributed by atoms with Crippen molar-refractivity contribution < 1.29 is 16.8 Å². The number of hydrogen-bond donors (Lipinski definition) is 0. The van der Waals surface area contributed by atoms with Crippen molar-refractivity contribution in [2.75, 3.05) is 13.2 Å². The highest BCUT2D eigenvalue weighted by Crippen LogP contribution is 1.96. The van der Waals surface area contributed by atoms with E-state index >= 15 is 0 Å². The Kier molecular flexibility index (Phi) is 5.37. The van der Waals surface area contributed by atoms with Gasteiger partial charge in [-0.25, -0.2) is 8.37 Å². The number of rotatable bonds is 6. The Morgan fingerprint density at radius 1 is 1.50 bits per heavy atom. The molecule has 0 amide bonds. The van der Waals surface area contributed by atoms with Crippen LogP contribution in [0.5, 0.6) is 0 Å². The van der Waals surface area contributed by atoms with Gasteiger partial charge in [0.1, 0.15) is 6.61 Å². The van der Waals surface area contributed by atoms with Crippen molar-refractivity contribution in [2.45, 2.75) is 6.42 Å². The molecule has 0 aromatic heterocycles. The maximum Gasteiger partial charge on any atom is 0.400 e. The summed E-state index contributed by atoms with van der Waals surface area (Å²) < 4.78 is 29.9. The highest BCUT2D eigenvalue weighted by atomic mass is 32.3. The van der Waals surface area contributed by atoms with E-state index in [1.165, 1.54) is 6.08 Å². The minimum atomic E-state index is -3.91. The molecule has 0 aromatic rings. The van der Waals surface area contributed by atoms with E-state index in [2.05, 4.69) is 14.9 Å². The smallest absolute Gasteiger partial charge is 0.248 e. The standard InChI is InChI=1S/C7H10O4S/c1-3-5-7-11-12(8,9)10-6-4-2/h2-3H,1,5-7H2.